The molecule has 0 saturated carbocycles. The Balaban J connectivity index is 2.55. The van der Waals surface area contributed by atoms with Crippen LogP contribution < -0.4 is 0 Å². The Labute approximate surface area is 207 Å². The standard InChI is InChI=1S/C27H40N4O2S/c28-21-15-9-5-1-3-7-11-17-23-31(24-18-12-8-4-2-6-10-16-22-29)34(32,33)27-20-14-13-19-26(27)25-30/h13-14,19-20H,1-12,15-18,23-24H2. The lowest BCUT2D eigenvalue weighted by Gasteiger charge is -2.23. The van der Waals surface area contributed by atoms with Gasteiger partial charge in [-0.25, -0.2) is 8.42 Å². The Hall–Kier alpha value is -2.40. The van der Waals surface area contributed by atoms with E-state index < -0.39 is 10.0 Å². The molecule has 0 aliphatic rings. The van der Waals surface area contributed by atoms with Gasteiger partial charge in [0.15, 0.2) is 0 Å². The van der Waals surface area contributed by atoms with Gasteiger partial charge in [-0.1, -0.05) is 76.3 Å². The molecule has 34 heavy (non-hydrogen) atoms. The maximum atomic E-state index is 13.4. The maximum absolute atomic E-state index is 13.4. The summed E-state index contributed by atoms with van der Waals surface area (Å²) in [6.07, 6.45) is 15.5. The summed E-state index contributed by atoms with van der Waals surface area (Å²) in [5.74, 6) is 0. The zero-order valence-corrected chi connectivity index (χ0v) is 21.4. The Morgan fingerprint density at radius 1 is 0.618 bits per heavy atom. The predicted molar refractivity (Wildman–Crippen MR) is 135 cm³/mol. The average molecular weight is 485 g/mol. The second kappa shape index (κ2) is 19.0. The van der Waals surface area contributed by atoms with Gasteiger partial charge in [-0.2, -0.15) is 20.1 Å². The summed E-state index contributed by atoms with van der Waals surface area (Å²) in [4.78, 5) is 0.104. The van der Waals surface area contributed by atoms with Crippen molar-refractivity contribution >= 4 is 10.0 Å². The van der Waals surface area contributed by atoms with Crippen molar-refractivity contribution in [2.75, 3.05) is 13.1 Å². The first-order chi connectivity index (χ1) is 16.6. The van der Waals surface area contributed by atoms with Crippen LogP contribution in [0.2, 0.25) is 0 Å². The van der Waals surface area contributed by atoms with E-state index in [1.54, 1.807) is 22.5 Å². The van der Waals surface area contributed by atoms with E-state index >= 15 is 0 Å². The van der Waals surface area contributed by atoms with Crippen LogP contribution in [0, 0.1) is 34.0 Å². The third kappa shape index (κ3) is 12.2. The van der Waals surface area contributed by atoms with Gasteiger partial charge < -0.3 is 0 Å². The summed E-state index contributed by atoms with van der Waals surface area (Å²) in [7, 11) is -3.71. The predicted octanol–water partition coefficient (Wildman–Crippen LogP) is 6.84. The fourth-order valence-electron chi connectivity index (χ4n) is 4.03. The normalized spacial score (nSPS) is 11.1. The monoisotopic (exact) mass is 484 g/mol. The van der Waals surface area contributed by atoms with Crippen molar-refractivity contribution in [3.8, 4) is 18.2 Å². The van der Waals surface area contributed by atoms with Crippen LogP contribution in [0.15, 0.2) is 29.2 Å². The molecular formula is C27H40N4O2S. The van der Waals surface area contributed by atoms with E-state index in [0.29, 0.717) is 25.9 Å². The number of rotatable bonds is 20. The molecule has 0 fully saturated rings. The van der Waals surface area contributed by atoms with Crippen molar-refractivity contribution < 1.29 is 8.42 Å². The molecule has 6 nitrogen and oxygen atoms in total. The van der Waals surface area contributed by atoms with Gasteiger partial charge in [0.05, 0.1) is 22.6 Å². The third-order valence-corrected chi connectivity index (χ3v) is 7.97. The van der Waals surface area contributed by atoms with E-state index in [2.05, 4.69) is 12.1 Å². The van der Waals surface area contributed by atoms with Crippen molar-refractivity contribution in [1.29, 1.82) is 15.8 Å². The Morgan fingerprint density at radius 2 is 1.03 bits per heavy atom. The van der Waals surface area contributed by atoms with Crippen molar-refractivity contribution in [2.24, 2.45) is 0 Å². The first kappa shape index (κ1) is 29.6. The van der Waals surface area contributed by atoms with E-state index in [1.165, 1.54) is 6.07 Å². The molecule has 0 bridgehead atoms. The van der Waals surface area contributed by atoms with Gasteiger partial charge in [-0.15, -0.1) is 0 Å². The molecule has 0 spiro atoms. The molecule has 0 heterocycles. The van der Waals surface area contributed by atoms with E-state index in [4.69, 9.17) is 10.5 Å². The smallest absolute Gasteiger partial charge is 0.207 e. The summed E-state index contributed by atoms with van der Waals surface area (Å²) in [6.45, 7) is 0.954. The highest BCUT2D eigenvalue weighted by atomic mass is 32.2. The van der Waals surface area contributed by atoms with Gasteiger partial charge in [0.2, 0.25) is 10.0 Å². The van der Waals surface area contributed by atoms with Crippen molar-refractivity contribution in [3.63, 3.8) is 0 Å². The van der Waals surface area contributed by atoms with Gasteiger partial charge in [-0.05, 0) is 37.8 Å². The van der Waals surface area contributed by atoms with Gasteiger partial charge in [0.25, 0.3) is 0 Å². The molecule has 0 aromatic heterocycles. The molecule has 0 radical (unpaired) electrons. The molecule has 0 N–H and O–H groups in total. The van der Waals surface area contributed by atoms with Crippen LogP contribution in [0.1, 0.15) is 108 Å². The van der Waals surface area contributed by atoms with Crippen LogP contribution in [0.5, 0.6) is 0 Å². The number of hydrogen-bond acceptors (Lipinski definition) is 5. The summed E-state index contributed by atoms with van der Waals surface area (Å²) in [5, 5.41) is 26.6. The number of hydrogen-bond donors (Lipinski definition) is 0. The van der Waals surface area contributed by atoms with Crippen molar-refractivity contribution in [2.45, 2.75) is 108 Å². The highest BCUT2D eigenvalue weighted by molar-refractivity contribution is 7.89. The molecule has 0 aliphatic heterocycles. The minimum Gasteiger partial charge on any atom is -0.207 e. The molecule has 0 unspecified atom stereocenters. The zero-order chi connectivity index (χ0) is 24.9. The second-order valence-corrected chi connectivity index (χ2v) is 10.7. The maximum Gasteiger partial charge on any atom is 0.244 e. The van der Waals surface area contributed by atoms with Crippen LogP contribution in [0.3, 0.4) is 0 Å². The van der Waals surface area contributed by atoms with Gasteiger partial charge in [0, 0.05) is 25.9 Å². The second-order valence-electron chi connectivity index (χ2n) is 8.78. The lowest BCUT2D eigenvalue weighted by molar-refractivity contribution is 0.383. The molecule has 0 amide bonds. The summed E-state index contributed by atoms with van der Waals surface area (Å²) >= 11 is 0. The van der Waals surface area contributed by atoms with Crippen LogP contribution in [-0.4, -0.2) is 25.8 Å². The number of nitrogens with zero attached hydrogens (tertiary/aromatic N) is 4. The van der Waals surface area contributed by atoms with Crippen LogP contribution in [-0.2, 0) is 10.0 Å². The number of unbranched alkanes of at least 4 members (excludes halogenated alkanes) is 14. The van der Waals surface area contributed by atoms with E-state index in [9.17, 15) is 13.7 Å². The van der Waals surface area contributed by atoms with Gasteiger partial charge in [0.1, 0.15) is 6.07 Å². The minimum atomic E-state index is -3.71. The molecule has 7 heteroatoms. The van der Waals surface area contributed by atoms with Crippen molar-refractivity contribution in [1.82, 2.24) is 4.31 Å². The summed E-state index contributed by atoms with van der Waals surface area (Å²) in [6, 6.07) is 12.8. The van der Waals surface area contributed by atoms with Crippen LogP contribution >= 0.6 is 0 Å². The Bertz CT molecular complexity index is 878. The number of nitriles is 3. The fourth-order valence-corrected chi connectivity index (χ4v) is 5.69. The highest BCUT2D eigenvalue weighted by Gasteiger charge is 2.26. The minimum absolute atomic E-state index is 0.104. The fraction of sp³-hybridized carbons (Fsp3) is 0.667. The number of sulfonamides is 1. The molecular weight excluding hydrogens is 444 g/mol. The van der Waals surface area contributed by atoms with E-state index in [-0.39, 0.29) is 10.5 Å². The first-order valence-corrected chi connectivity index (χ1v) is 14.2. The Morgan fingerprint density at radius 3 is 1.47 bits per heavy atom. The SMILES string of the molecule is N#CCCCCCCCCCN(CCCCCCCCCC#N)S(=O)(=O)c1ccccc1C#N. The van der Waals surface area contributed by atoms with E-state index in [1.807, 2.05) is 6.07 Å². The summed E-state index contributed by atoms with van der Waals surface area (Å²) in [5.41, 5.74) is 0.197. The molecule has 1 aromatic carbocycles. The molecule has 0 saturated heterocycles. The largest absolute Gasteiger partial charge is 0.244 e. The molecule has 1 rings (SSSR count). The molecule has 0 aliphatic carbocycles. The molecule has 0 atom stereocenters. The third-order valence-electron chi connectivity index (χ3n) is 6.02. The lowest BCUT2D eigenvalue weighted by Crippen LogP contribution is -2.33. The van der Waals surface area contributed by atoms with Crippen molar-refractivity contribution in [3.05, 3.63) is 29.8 Å². The first-order valence-electron chi connectivity index (χ1n) is 12.8. The summed E-state index contributed by atoms with van der Waals surface area (Å²) < 4.78 is 28.3. The average Bonchev–Trinajstić information content (AvgIpc) is 2.85. The number of benzene rings is 1. The highest BCUT2D eigenvalue weighted by Crippen LogP contribution is 2.22. The van der Waals surface area contributed by atoms with Gasteiger partial charge in [-0.3, -0.25) is 0 Å². The Kier molecular flexibility index (Phi) is 16.5. The van der Waals surface area contributed by atoms with Crippen LogP contribution in [0.25, 0.3) is 0 Å². The molecule has 186 valence electrons. The van der Waals surface area contributed by atoms with Crippen LogP contribution in [0.4, 0.5) is 0 Å². The quantitative estimate of drug-likeness (QED) is 0.188. The lowest BCUT2D eigenvalue weighted by atomic mass is 10.1. The molecule has 1 aromatic rings. The topological polar surface area (TPSA) is 109 Å². The van der Waals surface area contributed by atoms with E-state index in [0.717, 1.165) is 89.9 Å². The zero-order valence-electron chi connectivity index (χ0n) is 20.6. The van der Waals surface area contributed by atoms with Gasteiger partial charge >= 0.3 is 0 Å².